The van der Waals surface area contributed by atoms with Crippen LogP contribution in [0.25, 0.3) is 22.3 Å². The van der Waals surface area contributed by atoms with E-state index < -0.39 is 0 Å². The summed E-state index contributed by atoms with van der Waals surface area (Å²) >= 11 is 1.31. The molecule has 7 rings (SSSR count). The largest absolute Gasteiger partial charge is 0.367 e. The zero-order valence-electron chi connectivity index (χ0n) is 24.4. The number of hydrogen-bond donors (Lipinski definition) is 0. The van der Waals surface area contributed by atoms with Crippen molar-refractivity contribution in [2.75, 3.05) is 63.2 Å². The van der Waals surface area contributed by atoms with Gasteiger partial charge in [0.25, 0.3) is 0 Å². The summed E-state index contributed by atoms with van der Waals surface area (Å²) in [7, 11) is 4.07. The van der Waals surface area contributed by atoms with Crippen LogP contribution in [0.15, 0.2) is 36.5 Å². The lowest BCUT2D eigenvalue weighted by molar-refractivity contribution is -0.137. The summed E-state index contributed by atoms with van der Waals surface area (Å²) in [5.41, 5.74) is 2.92. The van der Waals surface area contributed by atoms with Gasteiger partial charge in [0.05, 0.1) is 23.3 Å². The minimum atomic E-state index is -0.330. The summed E-state index contributed by atoms with van der Waals surface area (Å²) in [6.45, 7) is 4.90. The normalized spacial score (nSPS) is 18.3. The summed E-state index contributed by atoms with van der Waals surface area (Å²) in [5.74, 6) is 1.01. The second-order valence-electron chi connectivity index (χ2n) is 11.8. The van der Waals surface area contributed by atoms with Crippen LogP contribution in [0.3, 0.4) is 0 Å². The van der Waals surface area contributed by atoms with Crippen molar-refractivity contribution < 1.29 is 9.18 Å². The second-order valence-corrected chi connectivity index (χ2v) is 12.8. The Bertz CT molecular complexity index is 1690. The van der Waals surface area contributed by atoms with Crippen LogP contribution in [0.1, 0.15) is 36.6 Å². The maximum absolute atomic E-state index is 13.6. The molecule has 43 heavy (non-hydrogen) atoms. The number of fused-ring (bicyclic) bond motifs is 1. The van der Waals surface area contributed by atoms with E-state index in [2.05, 4.69) is 29.0 Å². The molecule has 2 aliphatic heterocycles. The first-order valence-corrected chi connectivity index (χ1v) is 15.7. The molecule has 0 spiro atoms. The van der Waals surface area contributed by atoms with E-state index in [1.165, 1.54) is 23.5 Å². The van der Waals surface area contributed by atoms with E-state index in [0.717, 1.165) is 68.8 Å². The SMILES string of the molecule is CN1CCC(C(=O)N2CCN(c3cnc4nn(C5CC5)c(N(C)c5nc(-c6ccc(F)cc6)c(C#N)s5)c4c3)CC2)CC1. The molecule has 1 aromatic carbocycles. The van der Waals surface area contributed by atoms with Crippen LogP contribution in [0.5, 0.6) is 0 Å². The number of rotatable bonds is 6. The van der Waals surface area contributed by atoms with Gasteiger partial charge in [-0.2, -0.15) is 10.4 Å². The quantitative estimate of drug-likeness (QED) is 0.316. The first kappa shape index (κ1) is 27.7. The van der Waals surface area contributed by atoms with E-state index in [-0.39, 0.29) is 11.7 Å². The highest BCUT2D eigenvalue weighted by Gasteiger charge is 2.33. The zero-order chi connectivity index (χ0) is 29.7. The van der Waals surface area contributed by atoms with Crippen molar-refractivity contribution in [2.24, 2.45) is 5.92 Å². The third-order valence-electron chi connectivity index (χ3n) is 8.87. The molecule has 5 heterocycles. The van der Waals surface area contributed by atoms with Gasteiger partial charge in [0, 0.05) is 44.7 Å². The Balaban J connectivity index is 1.15. The third-order valence-corrected chi connectivity index (χ3v) is 9.91. The van der Waals surface area contributed by atoms with E-state index in [9.17, 15) is 14.4 Å². The zero-order valence-corrected chi connectivity index (χ0v) is 25.2. The van der Waals surface area contributed by atoms with Crippen molar-refractivity contribution in [1.29, 1.82) is 5.26 Å². The number of carbonyl (C=O) groups is 1. The van der Waals surface area contributed by atoms with Crippen molar-refractivity contribution >= 4 is 44.9 Å². The predicted octanol–water partition coefficient (Wildman–Crippen LogP) is 4.66. The maximum atomic E-state index is 13.6. The van der Waals surface area contributed by atoms with Crippen molar-refractivity contribution in [3.8, 4) is 17.3 Å². The number of piperazine rings is 1. The van der Waals surface area contributed by atoms with Gasteiger partial charge in [0.1, 0.15) is 28.3 Å². The molecule has 0 bridgehead atoms. The highest BCUT2D eigenvalue weighted by Crippen LogP contribution is 2.44. The number of thiazole rings is 1. The van der Waals surface area contributed by atoms with Gasteiger partial charge in [-0.3, -0.25) is 4.79 Å². The highest BCUT2D eigenvalue weighted by molar-refractivity contribution is 7.16. The number of benzene rings is 1. The molecular weight excluding hydrogens is 565 g/mol. The fraction of sp³-hybridized carbons (Fsp3) is 0.452. The summed E-state index contributed by atoms with van der Waals surface area (Å²) in [6.07, 6.45) is 5.87. The molecule has 3 fully saturated rings. The smallest absolute Gasteiger partial charge is 0.225 e. The Hall–Kier alpha value is -4.08. The Morgan fingerprint density at radius 2 is 1.79 bits per heavy atom. The van der Waals surface area contributed by atoms with Crippen LogP contribution in [0, 0.1) is 23.1 Å². The van der Waals surface area contributed by atoms with E-state index in [1.807, 2.05) is 27.7 Å². The predicted molar refractivity (Wildman–Crippen MR) is 165 cm³/mol. The number of halogens is 1. The van der Waals surface area contributed by atoms with Gasteiger partial charge in [-0.15, -0.1) is 0 Å². The molecule has 1 aliphatic carbocycles. The van der Waals surface area contributed by atoms with E-state index in [0.29, 0.717) is 52.0 Å². The first-order chi connectivity index (χ1) is 20.9. The summed E-state index contributed by atoms with van der Waals surface area (Å²) in [4.78, 5) is 31.9. The molecule has 0 N–H and O–H groups in total. The van der Waals surface area contributed by atoms with Crippen molar-refractivity contribution in [3.05, 3.63) is 47.2 Å². The number of aromatic nitrogens is 4. The molecular formula is C31H34FN9OS. The van der Waals surface area contributed by atoms with Crippen LogP contribution in [0.4, 0.5) is 21.0 Å². The standard InChI is InChI=1S/C31H34FN9OS/c1-37-11-9-21(10-12-37)30(42)40-15-13-39(14-16-40)24-17-25-28(34-19-24)36-41(23-7-8-23)29(25)38(2)31-35-27(26(18-33)43-31)20-3-5-22(32)6-4-20/h3-6,17,19,21,23H,7-16H2,1-2H3. The van der Waals surface area contributed by atoms with E-state index in [4.69, 9.17) is 15.1 Å². The van der Waals surface area contributed by atoms with Crippen LogP contribution in [-0.2, 0) is 4.79 Å². The average Bonchev–Trinajstić information content (AvgIpc) is 3.68. The molecule has 3 aromatic heterocycles. The molecule has 10 nitrogen and oxygen atoms in total. The molecule has 4 aromatic rings. The summed E-state index contributed by atoms with van der Waals surface area (Å²) < 4.78 is 15.6. The summed E-state index contributed by atoms with van der Waals surface area (Å²) in [6, 6.07) is 10.8. The van der Waals surface area contributed by atoms with Gasteiger partial charge in [0.2, 0.25) is 5.91 Å². The number of piperidine rings is 1. The first-order valence-electron chi connectivity index (χ1n) is 14.9. The van der Waals surface area contributed by atoms with E-state index >= 15 is 0 Å². The van der Waals surface area contributed by atoms with E-state index in [1.54, 1.807) is 12.1 Å². The molecule has 3 aliphatic rings. The van der Waals surface area contributed by atoms with Crippen molar-refractivity contribution in [3.63, 3.8) is 0 Å². The lowest BCUT2D eigenvalue weighted by Crippen LogP contribution is -2.51. The minimum Gasteiger partial charge on any atom is -0.367 e. The number of hydrogen-bond acceptors (Lipinski definition) is 9. The number of nitrogens with zero attached hydrogens (tertiary/aromatic N) is 9. The molecule has 1 amide bonds. The number of likely N-dealkylation sites (tertiary alicyclic amines) is 1. The average molecular weight is 600 g/mol. The second kappa shape index (κ2) is 11.2. The Labute approximate surface area is 253 Å². The lowest BCUT2D eigenvalue weighted by Gasteiger charge is -2.38. The lowest BCUT2D eigenvalue weighted by atomic mass is 9.95. The number of carbonyl (C=O) groups excluding carboxylic acids is 1. The van der Waals surface area contributed by atoms with Gasteiger partial charge >= 0.3 is 0 Å². The monoisotopic (exact) mass is 599 g/mol. The molecule has 12 heteroatoms. The molecule has 2 saturated heterocycles. The van der Waals surface area contributed by atoms with Crippen LogP contribution < -0.4 is 9.80 Å². The third kappa shape index (κ3) is 5.32. The maximum Gasteiger partial charge on any atom is 0.225 e. The number of pyridine rings is 1. The van der Waals surface area contributed by atoms with Gasteiger partial charge in [-0.05, 0) is 76.2 Å². The fourth-order valence-corrected chi connectivity index (χ4v) is 7.01. The number of anilines is 3. The van der Waals surface area contributed by atoms with Gasteiger partial charge in [-0.25, -0.2) is 19.0 Å². The molecule has 1 saturated carbocycles. The Kier molecular flexibility index (Phi) is 7.23. The van der Waals surface area contributed by atoms with Crippen LogP contribution >= 0.6 is 11.3 Å². The highest BCUT2D eigenvalue weighted by atomic mass is 32.1. The minimum absolute atomic E-state index is 0.142. The Morgan fingerprint density at radius 3 is 2.47 bits per heavy atom. The Morgan fingerprint density at radius 1 is 1.07 bits per heavy atom. The van der Waals surface area contributed by atoms with Gasteiger partial charge in [-0.1, -0.05) is 11.3 Å². The van der Waals surface area contributed by atoms with Crippen LogP contribution in [-0.4, -0.2) is 88.8 Å². The van der Waals surface area contributed by atoms with Crippen LogP contribution in [0.2, 0.25) is 0 Å². The summed E-state index contributed by atoms with van der Waals surface area (Å²) in [5, 5.41) is 16.3. The topological polar surface area (TPSA) is 97.4 Å². The molecule has 0 unspecified atom stereocenters. The van der Waals surface area contributed by atoms with Crippen molar-refractivity contribution in [1.82, 2.24) is 29.5 Å². The van der Waals surface area contributed by atoms with Gasteiger partial charge in [0.15, 0.2) is 10.8 Å². The number of nitriles is 1. The van der Waals surface area contributed by atoms with Gasteiger partial charge < -0.3 is 19.6 Å². The number of amides is 1. The van der Waals surface area contributed by atoms with Crippen molar-refractivity contribution in [2.45, 2.75) is 31.7 Å². The molecule has 0 atom stereocenters. The molecule has 222 valence electrons. The fourth-order valence-electron chi connectivity index (χ4n) is 6.17. The molecule has 0 radical (unpaired) electrons.